The van der Waals surface area contributed by atoms with Gasteiger partial charge in [-0.2, -0.15) is 5.26 Å². The van der Waals surface area contributed by atoms with Gasteiger partial charge < -0.3 is 4.74 Å². The van der Waals surface area contributed by atoms with Crippen LogP contribution >= 0.6 is 23.2 Å². The van der Waals surface area contributed by atoms with Gasteiger partial charge >= 0.3 is 0 Å². The van der Waals surface area contributed by atoms with Crippen molar-refractivity contribution in [3.8, 4) is 11.8 Å². The summed E-state index contributed by atoms with van der Waals surface area (Å²) in [4.78, 5) is 12.6. The molecule has 0 fully saturated rings. The minimum atomic E-state index is -0.962. The van der Waals surface area contributed by atoms with Crippen molar-refractivity contribution in [2.45, 2.75) is 5.92 Å². The first-order chi connectivity index (χ1) is 10.1. The number of nitriles is 1. The Balaban J connectivity index is 2.47. The number of hydrogen-bond donors (Lipinski definition) is 0. The van der Waals surface area contributed by atoms with Gasteiger partial charge in [-0.1, -0.05) is 35.3 Å². The zero-order valence-corrected chi connectivity index (χ0v) is 12.7. The zero-order valence-electron chi connectivity index (χ0n) is 11.1. The molecule has 0 N–H and O–H groups in total. The predicted octanol–water partition coefficient (Wildman–Crippen LogP) is 4.49. The van der Waals surface area contributed by atoms with Crippen LogP contribution in [0.1, 0.15) is 21.8 Å². The number of methoxy groups -OCH3 is 1. The first kappa shape index (κ1) is 15.4. The summed E-state index contributed by atoms with van der Waals surface area (Å²) in [6.45, 7) is 0. The standard InChI is InChI=1S/C16H11Cl2NO2/c1-21-15-6-5-12(18)8-13(15)16(20)14(9-19)10-3-2-4-11(17)7-10/h2-8,14H,1H3. The molecule has 0 saturated heterocycles. The third-order valence-electron chi connectivity index (χ3n) is 3.00. The molecule has 1 atom stereocenters. The summed E-state index contributed by atoms with van der Waals surface area (Å²) in [5.74, 6) is -0.957. The number of Topliss-reactive ketones (excluding diaryl/α,β-unsaturated/α-hetero) is 1. The highest BCUT2D eigenvalue weighted by atomic mass is 35.5. The lowest BCUT2D eigenvalue weighted by molar-refractivity contribution is 0.0976. The van der Waals surface area contributed by atoms with Gasteiger partial charge in [0.05, 0.1) is 18.7 Å². The van der Waals surface area contributed by atoms with Crippen LogP contribution in [0.2, 0.25) is 10.0 Å². The molecule has 0 aliphatic rings. The normalized spacial score (nSPS) is 11.5. The van der Waals surface area contributed by atoms with Crippen LogP contribution in [0, 0.1) is 11.3 Å². The van der Waals surface area contributed by atoms with E-state index < -0.39 is 5.92 Å². The summed E-state index contributed by atoms with van der Waals surface area (Å²) in [5.41, 5.74) is 0.813. The maximum absolute atomic E-state index is 12.6. The fraction of sp³-hybridized carbons (Fsp3) is 0.125. The summed E-state index contributed by atoms with van der Waals surface area (Å²) in [5, 5.41) is 10.2. The zero-order chi connectivity index (χ0) is 15.4. The number of nitrogens with zero attached hydrogens (tertiary/aromatic N) is 1. The molecule has 0 bridgehead atoms. The molecule has 106 valence electrons. The van der Waals surface area contributed by atoms with E-state index in [-0.39, 0.29) is 11.3 Å². The molecule has 0 spiro atoms. The van der Waals surface area contributed by atoms with Crippen molar-refractivity contribution < 1.29 is 9.53 Å². The topological polar surface area (TPSA) is 50.1 Å². The second-order valence-electron chi connectivity index (χ2n) is 4.33. The van der Waals surface area contributed by atoms with Gasteiger partial charge in [-0.15, -0.1) is 0 Å². The Morgan fingerprint density at radius 1 is 1.19 bits per heavy atom. The predicted molar refractivity (Wildman–Crippen MR) is 82.1 cm³/mol. The van der Waals surface area contributed by atoms with E-state index in [1.54, 1.807) is 36.4 Å². The number of hydrogen-bond acceptors (Lipinski definition) is 3. The lowest BCUT2D eigenvalue weighted by Gasteiger charge is -2.12. The van der Waals surface area contributed by atoms with E-state index in [9.17, 15) is 10.1 Å². The summed E-state index contributed by atoms with van der Waals surface area (Å²) < 4.78 is 5.16. The van der Waals surface area contributed by atoms with Crippen LogP contribution in [0.25, 0.3) is 0 Å². The van der Waals surface area contributed by atoms with Crippen molar-refractivity contribution in [3.63, 3.8) is 0 Å². The van der Waals surface area contributed by atoms with E-state index in [1.807, 2.05) is 6.07 Å². The largest absolute Gasteiger partial charge is 0.496 e. The SMILES string of the molecule is COc1ccc(Cl)cc1C(=O)C(C#N)c1cccc(Cl)c1. The molecule has 2 rings (SSSR count). The van der Waals surface area contributed by atoms with E-state index in [2.05, 4.69) is 0 Å². The minimum Gasteiger partial charge on any atom is -0.496 e. The van der Waals surface area contributed by atoms with Gasteiger partial charge in [-0.3, -0.25) is 4.79 Å². The lowest BCUT2D eigenvalue weighted by atomic mass is 9.91. The monoisotopic (exact) mass is 319 g/mol. The maximum Gasteiger partial charge on any atom is 0.188 e. The van der Waals surface area contributed by atoms with Crippen molar-refractivity contribution in [1.82, 2.24) is 0 Å². The molecule has 0 radical (unpaired) electrons. The van der Waals surface area contributed by atoms with Crippen LogP contribution in [0.4, 0.5) is 0 Å². The van der Waals surface area contributed by atoms with Gasteiger partial charge in [0, 0.05) is 10.0 Å². The molecule has 3 nitrogen and oxygen atoms in total. The van der Waals surface area contributed by atoms with Crippen LogP contribution < -0.4 is 4.74 Å². The Labute approximate surface area is 132 Å². The smallest absolute Gasteiger partial charge is 0.188 e. The van der Waals surface area contributed by atoms with Crippen molar-refractivity contribution >= 4 is 29.0 Å². The van der Waals surface area contributed by atoms with Gasteiger partial charge in [0.2, 0.25) is 0 Å². The van der Waals surface area contributed by atoms with E-state index >= 15 is 0 Å². The summed E-state index contributed by atoms with van der Waals surface area (Å²) >= 11 is 11.8. The summed E-state index contributed by atoms with van der Waals surface area (Å²) in [6.07, 6.45) is 0. The molecule has 0 heterocycles. The molecular formula is C16H11Cl2NO2. The van der Waals surface area contributed by atoms with Crippen molar-refractivity contribution in [1.29, 1.82) is 5.26 Å². The number of carbonyl (C=O) groups is 1. The number of rotatable bonds is 4. The minimum absolute atomic E-state index is 0.275. The third-order valence-corrected chi connectivity index (χ3v) is 3.47. The van der Waals surface area contributed by atoms with Crippen LogP contribution in [-0.4, -0.2) is 12.9 Å². The van der Waals surface area contributed by atoms with E-state index in [1.165, 1.54) is 13.2 Å². The van der Waals surface area contributed by atoms with Crippen molar-refractivity contribution in [2.24, 2.45) is 0 Å². The fourth-order valence-corrected chi connectivity index (χ4v) is 2.37. The van der Waals surface area contributed by atoms with Crippen LogP contribution in [-0.2, 0) is 0 Å². The lowest BCUT2D eigenvalue weighted by Crippen LogP contribution is -2.12. The molecular weight excluding hydrogens is 309 g/mol. The number of ether oxygens (including phenoxy) is 1. The average Bonchev–Trinajstić information content (AvgIpc) is 2.48. The van der Waals surface area contributed by atoms with Crippen LogP contribution in [0.5, 0.6) is 5.75 Å². The number of benzene rings is 2. The molecule has 0 aliphatic carbocycles. The Kier molecular flexibility index (Phi) is 4.85. The van der Waals surface area contributed by atoms with Crippen LogP contribution in [0.3, 0.4) is 0 Å². The molecule has 2 aromatic carbocycles. The first-order valence-corrected chi connectivity index (χ1v) is 6.85. The van der Waals surface area contributed by atoms with Gasteiger partial charge in [0.15, 0.2) is 5.78 Å². The number of ketones is 1. The van der Waals surface area contributed by atoms with Crippen LogP contribution in [0.15, 0.2) is 42.5 Å². The Morgan fingerprint density at radius 2 is 1.90 bits per heavy atom. The van der Waals surface area contributed by atoms with E-state index in [4.69, 9.17) is 27.9 Å². The fourth-order valence-electron chi connectivity index (χ4n) is 2.00. The van der Waals surface area contributed by atoms with E-state index in [0.717, 1.165) is 0 Å². The Bertz CT molecular complexity index is 722. The third kappa shape index (κ3) is 3.36. The quantitative estimate of drug-likeness (QED) is 0.780. The van der Waals surface area contributed by atoms with Gasteiger partial charge in [-0.25, -0.2) is 0 Å². The van der Waals surface area contributed by atoms with Crippen molar-refractivity contribution in [2.75, 3.05) is 7.11 Å². The molecule has 1 unspecified atom stereocenters. The van der Waals surface area contributed by atoms with Crippen molar-refractivity contribution in [3.05, 3.63) is 63.6 Å². The summed E-state index contributed by atoms with van der Waals surface area (Å²) in [7, 11) is 1.46. The van der Waals surface area contributed by atoms with Gasteiger partial charge in [0.1, 0.15) is 11.7 Å². The first-order valence-electron chi connectivity index (χ1n) is 6.09. The van der Waals surface area contributed by atoms with E-state index in [0.29, 0.717) is 21.4 Å². The molecule has 21 heavy (non-hydrogen) atoms. The van der Waals surface area contributed by atoms with Gasteiger partial charge in [-0.05, 0) is 35.9 Å². The average molecular weight is 320 g/mol. The second-order valence-corrected chi connectivity index (χ2v) is 5.20. The number of halogens is 2. The molecule has 0 amide bonds. The molecule has 5 heteroatoms. The molecule has 2 aromatic rings. The number of carbonyl (C=O) groups excluding carboxylic acids is 1. The second kappa shape index (κ2) is 6.62. The molecule has 0 saturated carbocycles. The summed E-state index contributed by atoms with van der Waals surface area (Å²) in [6, 6.07) is 13.4. The Morgan fingerprint density at radius 3 is 2.52 bits per heavy atom. The molecule has 0 aliphatic heterocycles. The highest BCUT2D eigenvalue weighted by Crippen LogP contribution is 2.29. The maximum atomic E-state index is 12.6. The highest BCUT2D eigenvalue weighted by molar-refractivity contribution is 6.31. The molecule has 0 aromatic heterocycles. The van der Waals surface area contributed by atoms with Gasteiger partial charge in [0.25, 0.3) is 0 Å². The Hall–Kier alpha value is -2.02. The highest BCUT2D eigenvalue weighted by Gasteiger charge is 2.25.